The fourth-order valence-electron chi connectivity index (χ4n) is 3.59. The summed E-state index contributed by atoms with van der Waals surface area (Å²) >= 11 is 3.47. The predicted octanol–water partition coefficient (Wildman–Crippen LogP) is 4.13. The van der Waals surface area contributed by atoms with E-state index in [4.69, 9.17) is 0 Å². The van der Waals surface area contributed by atoms with Crippen molar-refractivity contribution in [3.63, 3.8) is 0 Å². The molecule has 0 N–H and O–H groups in total. The summed E-state index contributed by atoms with van der Waals surface area (Å²) in [4.78, 5) is 29.1. The van der Waals surface area contributed by atoms with E-state index in [2.05, 4.69) is 15.9 Å². The second kappa shape index (κ2) is 7.43. The molecule has 2 aliphatic rings. The van der Waals surface area contributed by atoms with Crippen LogP contribution in [0.15, 0.2) is 53.0 Å². The molecule has 0 spiro atoms. The van der Waals surface area contributed by atoms with Crippen molar-refractivity contribution >= 4 is 33.4 Å². The standard InChI is InChI=1S/C21H20BrFN2O2/c22-17-6-2-4-8-19(17)25-13-15(11-20(25)26)21(27)24(16-9-10-16)12-14-5-1-3-7-18(14)23/h1-8,15-16H,9-13H2/t15-/m0/s1. The van der Waals surface area contributed by atoms with Gasteiger partial charge in [-0.05, 0) is 47.0 Å². The first-order valence-electron chi connectivity index (χ1n) is 9.13. The van der Waals surface area contributed by atoms with Crippen molar-refractivity contribution in [2.45, 2.75) is 31.8 Å². The van der Waals surface area contributed by atoms with Crippen molar-refractivity contribution < 1.29 is 14.0 Å². The van der Waals surface area contributed by atoms with Crippen molar-refractivity contribution in [3.8, 4) is 0 Å². The lowest BCUT2D eigenvalue weighted by atomic mass is 10.1. The SMILES string of the molecule is O=C1C[C@H](C(=O)N(Cc2ccccc2F)C2CC2)CN1c1ccccc1Br. The Morgan fingerprint density at radius 3 is 2.56 bits per heavy atom. The summed E-state index contributed by atoms with van der Waals surface area (Å²) in [6.07, 6.45) is 2.07. The van der Waals surface area contributed by atoms with E-state index in [0.29, 0.717) is 12.1 Å². The predicted molar refractivity (Wildman–Crippen MR) is 105 cm³/mol. The largest absolute Gasteiger partial charge is 0.335 e. The number of rotatable bonds is 5. The molecule has 1 atom stereocenters. The van der Waals surface area contributed by atoms with Crippen molar-refractivity contribution in [2.24, 2.45) is 5.92 Å². The van der Waals surface area contributed by atoms with Gasteiger partial charge in [0, 0.05) is 35.6 Å². The highest BCUT2D eigenvalue weighted by atomic mass is 79.9. The van der Waals surface area contributed by atoms with Crippen LogP contribution in [0.1, 0.15) is 24.8 Å². The molecule has 0 radical (unpaired) electrons. The quantitative estimate of drug-likeness (QED) is 0.715. The molecule has 0 unspecified atom stereocenters. The molecule has 2 aromatic rings. The smallest absolute Gasteiger partial charge is 0.228 e. The fourth-order valence-corrected chi connectivity index (χ4v) is 4.09. The summed E-state index contributed by atoms with van der Waals surface area (Å²) in [7, 11) is 0. The van der Waals surface area contributed by atoms with E-state index in [1.807, 2.05) is 24.3 Å². The number of nitrogens with zero attached hydrogens (tertiary/aromatic N) is 2. The molecule has 1 heterocycles. The minimum absolute atomic E-state index is 0.0522. The molecule has 6 heteroatoms. The van der Waals surface area contributed by atoms with Gasteiger partial charge in [0.25, 0.3) is 0 Å². The lowest BCUT2D eigenvalue weighted by Gasteiger charge is -2.26. The van der Waals surface area contributed by atoms with E-state index in [-0.39, 0.29) is 36.6 Å². The van der Waals surface area contributed by atoms with Gasteiger partial charge >= 0.3 is 0 Å². The summed E-state index contributed by atoms with van der Waals surface area (Å²) in [6.45, 7) is 0.622. The van der Waals surface area contributed by atoms with Gasteiger partial charge in [0.1, 0.15) is 5.82 Å². The Morgan fingerprint density at radius 1 is 1.15 bits per heavy atom. The molecule has 2 amide bonds. The Bertz CT molecular complexity index is 884. The normalized spacial score (nSPS) is 19.4. The van der Waals surface area contributed by atoms with Gasteiger partial charge in [-0.25, -0.2) is 4.39 Å². The van der Waals surface area contributed by atoms with E-state index in [0.717, 1.165) is 23.0 Å². The molecule has 1 aliphatic carbocycles. The van der Waals surface area contributed by atoms with Gasteiger partial charge in [-0.1, -0.05) is 30.3 Å². The van der Waals surface area contributed by atoms with Crippen LogP contribution in [0.4, 0.5) is 10.1 Å². The lowest BCUT2D eigenvalue weighted by molar-refractivity contribution is -0.137. The fraction of sp³-hybridized carbons (Fsp3) is 0.333. The van der Waals surface area contributed by atoms with Crippen LogP contribution in [0, 0.1) is 11.7 Å². The third-order valence-electron chi connectivity index (χ3n) is 5.19. The maximum Gasteiger partial charge on any atom is 0.228 e. The molecule has 140 valence electrons. The monoisotopic (exact) mass is 430 g/mol. The molecule has 1 saturated carbocycles. The van der Waals surface area contributed by atoms with E-state index in [1.165, 1.54) is 6.07 Å². The number of benzene rings is 2. The maximum atomic E-state index is 14.1. The highest BCUT2D eigenvalue weighted by molar-refractivity contribution is 9.10. The van der Waals surface area contributed by atoms with Crippen molar-refractivity contribution in [3.05, 3.63) is 64.4 Å². The lowest BCUT2D eigenvalue weighted by Crippen LogP contribution is -2.38. The van der Waals surface area contributed by atoms with E-state index >= 15 is 0 Å². The number of para-hydroxylation sites is 1. The topological polar surface area (TPSA) is 40.6 Å². The van der Waals surface area contributed by atoms with Crippen LogP contribution >= 0.6 is 15.9 Å². The first kappa shape index (κ1) is 18.2. The van der Waals surface area contributed by atoms with Crippen LogP contribution in [0.3, 0.4) is 0 Å². The van der Waals surface area contributed by atoms with Gasteiger partial charge in [-0.2, -0.15) is 0 Å². The zero-order valence-corrected chi connectivity index (χ0v) is 16.4. The molecule has 27 heavy (non-hydrogen) atoms. The molecule has 2 aromatic carbocycles. The Hall–Kier alpha value is -2.21. The van der Waals surface area contributed by atoms with Crippen LogP contribution in [0.2, 0.25) is 0 Å². The van der Waals surface area contributed by atoms with Crippen LogP contribution < -0.4 is 4.90 Å². The van der Waals surface area contributed by atoms with Gasteiger partial charge in [0.15, 0.2) is 0 Å². The molecule has 4 nitrogen and oxygen atoms in total. The van der Waals surface area contributed by atoms with Crippen molar-refractivity contribution in [1.29, 1.82) is 0 Å². The third kappa shape index (κ3) is 3.76. The summed E-state index contributed by atoms with van der Waals surface area (Å²) in [5.74, 6) is -0.796. The summed E-state index contributed by atoms with van der Waals surface area (Å²) in [5, 5.41) is 0. The number of halogens is 2. The second-order valence-electron chi connectivity index (χ2n) is 7.15. The van der Waals surface area contributed by atoms with Gasteiger partial charge in [0.2, 0.25) is 11.8 Å². The van der Waals surface area contributed by atoms with E-state index in [9.17, 15) is 14.0 Å². The molecule has 4 rings (SSSR count). The molecule has 0 aromatic heterocycles. The number of hydrogen-bond acceptors (Lipinski definition) is 2. The zero-order valence-electron chi connectivity index (χ0n) is 14.8. The van der Waals surface area contributed by atoms with Crippen LogP contribution in [0.25, 0.3) is 0 Å². The number of hydrogen-bond donors (Lipinski definition) is 0. The third-order valence-corrected chi connectivity index (χ3v) is 5.86. The van der Waals surface area contributed by atoms with Crippen LogP contribution in [-0.2, 0) is 16.1 Å². The first-order chi connectivity index (χ1) is 13.0. The van der Waals surface area contributed by atoms with Crippen molar-refractivity contribution in [2.75, 3.05) is 11.4 Å². The molecule has 0 bridgehead atoms. The summed E-state index contributed by atoms with van der Waals surface area (Å²) in [6, 6.07) is 14.2. The zero-order chi connectivity index (χ0) is 19.0. The van der Waals surface area contributed by atoms with Crippen LogP contribution in [-0.4, -0.2) is 29.3 Å². The number of carbonyl (C=O) groups excluding carboxylic acids is 2. The molecule has 1 aliphatic heterocycles. The average Bonchev–Trinajstić information content (AvgIpc) is 3.43. The van der Waals surface area contributed by atoms with Gasteiger partial charge < -0.3 is 9.80 Å². The Labute approximate surface area is 166 Å². The minimum Gasteiger partial charge on any atom is -0.335 e. The Kier molecular flexibility index (Phi) is 5.00. The molecular formula is C21H20BrFN2O2. The van der Waals surface area contributed by atoms with Gasteiger partial charge in [0.05, 0.1) is 11.6 Å². The minimum atomic E-state index is -0.392. The highest BCUT2D eigenvalue weighted by Crippen LogP contribution is 2.35. The average molecular weight is 431 g/mol. The summed E-state index contributed by atoms with van der Waals surface area (Å²) < 4.78 is 14.9. The number of anilines is 1. The highest BCUT2D eigenvalue weighted by Gasteiger charge is 2.41. The number of carbonyl (C=O) groups is 2. The molecule has 2 fully saturated rings. The van der Waals surface area contributed by atoms with E-state index < -0.39 is 5.92 Å². The second-order valence-corrected chi connectivity index (χ2v) is 8.00. The number of amides is 2. The Morgan fingerprint density at radius 2 is 1.85 bits per heavy atom. The maximum absolute atomic E-state index is 14.1. The van der Waals surface area contributed by atoms with Crippen molar-refractivity contribution in [1.82, 2.24) is 4.90 Å². The Balaban J connectivity index is 1.52. The van der Waals surface area contributed by atoms with Crippen LogP contribution in [0.5, 0.6) is 0 Å². The van der Waals surface area contributed by atoms with E-state index in [1.54, 1.807) is 28.0 Å². The molecule has 1 saturated heterocycles. The van der Waals surface area contributed by atoms with Gasteiger partial charge in [-0.15, -0.1) is 0 Å². The van der Waals surface area contributed by atoms with Gasteiger partial charge in [-0.3, -0.25) is 9.59 Å². The first-order valence-corrected chi connectivity index (χ1v) is 9.92. The molecular weight excluding hydrogens is 411 g/mol. The summed E-state index contributed by atoms with van der Waals surface area (Å²) in [5.41, 5.74) is 1.30.